The van der Waals surface area contributed by atoms with Gasteiger partial charge in [-0.25, -0.2) is 4.79 Å². The minimum Gasteiger partial charge on any atom is -0.481 e. The van der Waals surface area contributed by atoms with Crippen LogP contribution in [0.4, 0.5) is 4.79 Å². The molecule has 0 aliphatic carbocycles. The fraction of sp³-hybridized carbons (Fsp3) is 0.833. The molecule has 1 atom stereocenters. The van der Waals surface area contributed by atoms with Gasteiger partial charge in [-0.15, -0.1) is 0 Å². The highest BCUT2D eigenvalue weighted by atomic mass is 16.4. The van der Waals surface area contributed by atoms with Crippen molar-refractivity contribution in [3.8, 4) is 0 Å². The van der Waals surface area contributed by atoms with Gasteiger partial charge in [0.1, 0.15) is 0 Å². The average Bonchev–Trinajstić information content (AvgIpc) is 2.13. The molecule has 100 valence electrons. The summed E-state index contributed by atoms with van der Waals surface area (Å²) in [7, 11) is 1.69. The van der Waals surface area contributed by atoms with E-state index in [4.69, 9.17) is 5.11 Å². The van der Waals surface area contributed by atoms with Gasteiger partial charge in [0.15, 0.2) is 0 Å². The van der Waals surface area contributed by atoms with Crippen LogP contribution in [0.3, 0.4) is 0 Å². The van der Waals surface area contributed by atoms with Crippen molar-refractivity contribution in [1.82, 2.24) is 10.2 Å². The lowest BCUT2D eigenvalue weighted by Crippen LogP contribution is -2.50. The highest BCUT2D eigenvalue weighted by molar-refractivity contribution is 5.76. The predicted octanol–water partition coefficient (Wildman–Crippen LogP) is 1.93. The minimum absolute atomic E-state index is 0.0683. The molecule has 2 N–H and O–H groups in total. The van der Waals surface area contributed by atoms with Crippen LogP contribution in [0.2, 0.25) is 0 Å². The van der Waals surface area contributed by atoms with Gasteiger partial charge < -0.3 is 15.3 Å². The van der Waals surface area contributed by atoms with Gasteiger partial charge >= 0.3 is 12.0 Å². The maximum absolute atomic E-state index is 11.8. The third kappa shape index (κ3) is 5.56. The van der Waals surface area contributed by atoms with Gasteiger partial charge in [0.05, 0.1) is 6.42 Å². The normalized spacial score (nSPS) is 13.4. The predicted molar refractivity (Wildman–Crippen MR) is 66.9 cm³/mol. The highest BCUT2D eigenvalue weighted by Gasteiger charge is 2.29. The zero-order chi connectivity index (χ0) is 13.8. The Morgan fingerprint density at radius 2 is 1.76 bits per heavy atom. The van der Waals surface area contributed by atoms with E-state index in [1.54, 1.807) is 11.9 Å². The number of urea groups is 1. The van der Waals surface area contributed by atoms with Crippen molar-refractivity contribution >= 4 is 12.0 Å². The summed E-state index contributed by atoms with van der Waals surface area (Å²) in [5.74, 6) is -0.905. The Balaban J connectivity index is 4.65. The van der Waals surface area contributed by atoms with Gasteiger partial charge in [-0.3, -0.25) is 4.79 Å². The molecule has 0 aromatic rings. The van der Waals surface area contributed by atoms with E-state index >= 15 is 0 Å². The second kappa shape index (κ2) is 5.89. The molecule has 0 saturated heterocycles. The zero-order valence-electron chi connectivity index (χ0n) is 11.6. The van der Waals surface area contributed by atoms with Gasteiger partial charge in [0.25, 0.3) is 0 Å². The van der Waals surface area contributed by atoms with E-state index in [9.17, 15) is 9.59 Å². The van der Waals surface area contributed by atoms with E-state index in [2.05, 4.69) is 5.32 Å². The third-order valence-corrected chi connectivity index (χ3v) is 2.82. The van der Waals surface area contributed by atoms with E-state index in [1.807, 2.05) is 34.6 Å². The fourth-order valence-electron chi connectivity index (χ4n) is 1.23. The van der Waals surface area contributed by atoms with Crippen molar-refractivity contribution in [2.24, 2.45) is 5.41 Å². The number of carbonyl (C=O) groups excluding carboxylic acids is 1. The maximum Gasteiger partial charge on any atom is 0.317 e. The van der Waals surface area contributed by atoms with Crippen molar-refractivity contribution in [3.63, 3.8) is 0 Å². The molecule has 0 aliphatic heterocycles. The van der Waals surface area contributed by atoms with Crippen LogP contribution in [0.5, 0.6) is 0 Å². The monoisotopic (exact) mass is 244 g/mol. The summed E-state index contributed by atoms with van der Waals surface area (Å²) in [6.45, 7) is 9.55. The molecule has 17 heavy (non-hydrogen) atoms. The zero-order valence-corrected chi connectivity index (χ0v) is 11.6. The lowest BCUT2D eigenvalue weighted by Gasteiger charge is -2.33. The van der Waals surface area contributed by atoms with Crippen LogP contribution in [-0.4, -0.2) is 41.1 Å². The van der Waals surface area contributed by atoms with Crippen LogP contribution in [0.1, 0.15) is 41.0 Å². The Morgan fingerprint density at radius 3 is 2.06 bits per heavy atom. The Morgan fingerprint density at radius 1 is 1.29 bits per heavy atom. The van der Waals surface area contributed by atoms with Crippen LogP contribution >= 0.6 is 0 Å². The summed E-state index contributed by atoms with van der Waals surface area (Å²) in [5, 5.41) is 11.6. The number of rotatable bonds is 4. The standard InChI is InChI=1S/C12H24N2O3/c1-8(2)14(6)11(17)13-9(7-10(15)16)12(3,4)5/h8-9H,7H2,1-6H3,(H,13,17)(H,15,16). The van der Waals surface area contributed by atoms with E-state index in [-0.39, 0.29) is 30.0 Å². The Kier molecular flexibility index (Phi) is 5.45. The summed E-state index contributed by atoms with van der Waals surface area (Å²) < 4.78 is 0. The van der Waals surface area contributed by atoms with Crippen molar-refractivity contribution in [3.05, 3.63) is 0 Å². The number of carboxylic acid groups (broad SMARTS) is 1. The Hall–Kier alpha value is -1.26. The molecule has 2 amide bonds. The van der Waals surface area contributed by atoms with Gasteiger partial charge in [-0.05, 0) is 19.3 Å². The summed E-state index contributed by atoms with van der Waals surface area (Å²) in [4.78, 5) is 24.2. The minimum atomic E-state index is -0.905. The van der Waals surface area contributed by atoms with Crippen LogP contribution in [-0.2, 0) is 4.79 Å². The van der Waals surface area contributed by atoms with Crippen molar-refractivity contribution in [2.45, 2.75) is 53.1 Å². The summed E-state index contributed by atoms with van der Waals surface area (Å²) in [5.41, 5.74) is -0.286. The Bertz CT molecular complexity index is 282. The number of carbonyl (C=O) groups is 2. The van der Waals surface area contributed by atoms with Gasteiger partial charge in [0, 0.05) is 19.1 Å². The molecule has 5 nitrogen and oxygen atoms in total. The first-order valence-corrected chi connectivity index (χ1v) is 5.80. The van der Waals surface area contributed by atoms with E-state index in [0.29, 0.717) is 0 Å². The molecule has 0 saturated carbocycles. The van der Waals surface area contributed by atoms with Crippen LogP contribution in [0.15, 0.2) is 0 Å². The molecule has 0 heterocycles. The summed E-state index contributed by atoms with van der Waals surface area (Å²) >= 11 is 0. The Labute approximate surface area is 103 Å². The van der Waals surface area contributed by atoms with Gasteiger partial charge in [-0.2, -0.15) is 0 Å². The number of nitrogens with zero attached hydrogens (tertiary/aromatic N) is 1. The number of amides is 2. The highest BCUT2D eigenvalue weighted by Crippen LogP contribution is 2.22. The van der Waals surface area contributed by atoms with Crippen molar-refractivity contribution < 1.29 is 14.7 Å². The first-order chi connectivity index (χ1) is 7.55. The van der Waals surface area contributed by atoms with Crippen LogP contribution in [0, 0.1) is 5.41 Å². The first kappa shape index (κ1) is 15.7. The number of carboxylic acids is 1. The molecule has 0 bridgehead atoms. The van der Waals surface area contributed by atoms with E-state index in [1.165, 1.54) is 0 Å². The number of hydrogen-bond donors (Lipinski definition) is 2. The quantitative estimate of drug-likeness (QED) is 0.793. The van der Waals surface area contributed by atoms with Crippen LogP contribution in [0.25, 0.3) is 0 Å². The lowest BCUT2D eigenvalue weighted by molar-refractivity contribution is -0.138. The molecule has 0 fully saturated rings. The second-order valence-corrected chi connectivity index (χ2v) is 5.67. The molecule has 0 rings (SSSR count). The summed E-state index contributed by atoms with van der Waals surface area (Å²) in [6.07, 6.45) is -0.0683. The second-order valence-electron chi connectivity index (χ2n) is 5.67. The number of hydrogen-bond acceptors (Lipinski definition) is 2. The first-order valence-electron chi connectivity index (χ1n) is 5.80. The number of aliphatic carboxylic acids is 1. The molecule has 0 radical (unpaired) electrons. The summed E-state index contributed by atoms with van der Waals surface area (Å²) in [6, 6.07) is -0.532. The van der Waals surface area contributed by atoms with Crippen LogP contribution < -0.4 is 5.32 Å². The third-order valence-electron chi connectivity index (χ3n) is 2.82. The van der Waals surface area contributed by atoms with Crippen molar-refractivity contribution in [1.29, 1.82) is 0 Å². The van der Waals surface area contributed by atoms with Gasteiger partial charge in [-0.1, -0.05) is 20.8 Å². The molecule has 0 aromatic carbocycles. The molecule has 1 unspecified atom stereocenters. The van der Waals surface area contributed by atoms with E-state index < -0.39 is 5.97 Å². The fourth-order valence-corrected chi connectivity index (χ4v) is 1.23. The lowest BCUT2D eigenvalue weighted by atomic mass is 9.85. The molecule has 5 heteroatoms. The topological polar surface area (TPSA) is 69.6 Å². The number of nitrogens with one attached hydrogen (secondary N) is 1. The molecular formula is C12H24N2O3. The SMILES string of the molecule is CC(C)N(C)C(=O)NC(CC(=O)O)C(C)(C)C. The van der Waals surface area contributed by atoms with Crippen molar-refractivity contribution in [2.75, 3.05) is 7.05 Å². The largest absolute Gasteiger partial charge is 0.481 e. The molecule has 0 spiro atoms. The maximum atomic E-state index is 11.8. The molecular weight excluding hydrogens is 220 g/mol. The smallest absolute Gasteiger partial charge is 0.317 e. The van der Waals surface area contributed by atoms with Gasteiger partial charge in [0.2, 0.25) is 0 Å². The molecule has 0 aromatic heterocycles. The van der Waals surface area contributed by atoms with E-state index in [0.717, 1.165) is 0 Å². The average molecular weight is 244 g/mol. The molecule has 0 aliphatic rings.